The van der Waals surface area contributed by atoms with E-state index in [-0.39, 0.29) is 15.7 Å². The van der Waals surface area contributed by atoms with Crippen molar-refractivity contribution in [3.63, 3.8) is 0 Å². The molecule has 0 aliphatic heterocycles. The van der Waals surface area contributed by atoms with Gasteiger partial charge in [0.25, 0.3) is 12.3 Å². The lowest BCUT2D eigenvalue weighted by molar-refractivity contribution is 0.0891. The molecular formula is C8H6Cl2F2N2O. The van der Waals surface area contributed by atoms with Gasteiger partial charge in [0.05, 0.1) is 17.1 Å². The van der Waals surface area contributed by atoms with Gasteiger partial charge in [-0.3, -0.25) is 4.79 Å². The fourth-order valence-corrected chi connectivity index (χ4v) is 1.09. The maximum absolute atomic E-state index is 11.8. The third-order valence-corrected chi connectivity index (χ3v) is 2.16. The molecule has 0 radical (unpaired) electrons. The van der Waals surface area contributed by atoms with Gasteiger partial charge in [-0.05, 0) is 6.07 Å². The van der Waals surface area contributed by atoms with Crippen molar-refractivity contribution >= 4 is 29.1 Å². The Morgan fingerprint density at radius 3 is 2.73 bits per heavy atom. The van der Waals surface area contributed by atoms with Crippen molar-refractivity contribution in [3.8, 4) is 0 Å². The molecule has 82 valence electrons. The fraction of sp³-hybridized carbons (Fsp3) is 0.250. The molecular weight excluding hydrogens is 249 g/mol. The van der Waals surface area contributed by atoms with Crippen molar-refractivity contribution in [1.82, 2.24) is 10.3 Å². The van der Waals surface area contributed by atoms with E-state index in [2.05, 4.69) is 4.98 Å². The molecule has 3 nitrogen and oxygen atoms in total. The third kappa shape index (κ3) is 3.60. The van der Waals surface area contributed by atoms with Crippen LogP contribution in [0.2, 0.25) is 10.2 Å². The van der Waals surface area contributed by atoms with Crippen molar-refractivity contribution in [3.05, 3.63) is 28.0 Å². The van der Waals surface area contributed by atoms with Crippen LogP contribution in [0.15, 0.2) is 12.3 Å². The van der Waals surface area contributed by atoms with Crippen LogP contribution in [-0.4, -0.2) is 23.9 Å². The second-order valence-corrected chi connectivity index (χ2v) is 3.36. The highest BCUT2D eigenvalue weighted by Crippen LogP contribution is 2.19. The Morgan fingerprint density at radius 2 is 2.20 bits per heavy atom. The van der Waals surface area contributed by atoms with Crippen LogP contribution in [0.3, 0.4) is 0 Å². The van der Waals surface area contributed by atoms with E-state index in [9.17, 15) is 13.6 Å². The second-order valence-electron chi connectivity index (χ2n) is 2.60. The lowest BCUT2D eigenvalue weighted by atomic mass is 10.3. The molecule has 1 aromatic rings. The summed E-state index contributed by atoms with van der Waals surface area (Å²) < 4.78 is 23.6. The summed E-state index contributed by atoms with van der Waals surface area (Å²) in [5.74, 6) is -0.665. The van der Waals surface area contributed by atoms with Crippen molar-refractivity contribution in [1.29, 1.82) is 0 Å². The van der Waals surface area contributed by atoms with E-state index in [4.69, 9.17) is 23.2 Å². The molecule has 0 fully saturated rings. The normalized spacial score (nSPS) is 10.5. The average Bonchev–Trinajstić information content (AvgIpc) is 2.18. The van der Waals surface area contributed by atoms with Crippen LogP contribution in [0, 0.1) is 0 Å². The van der Waals surface area contributed by atoms with E-state index < -0.39 is 18.9 Å². The van der Waals surface area contributed by atoms with Gasteiger partial charge in [-0.1, -0.05) is 23.2 Å². The molecule has 0 atom stereocenters. The first-order valence-corrected chi connectivity index (χ1v) is 4.63. The summed E-state index contributed by atoms with van der Waals surface area (Å²) in [7, 11) is 0. The number of alkyl halides is 2. The van der Waals surface area contributed by atoms with E-state index in [0.717, 1.165) is 6.20 Å². The largest absolute Gasteiger partial charge is 0.346 e. The quantitative estimate of drug-likeness (QED) is 0.842. The van der Waals surface area contributed by atoms with Gasteiger partial charge < -0.3 is 5.32 Å². The van der Waals surface area contributed by atoms with E-state index in [1.54, 1.807) is 0 Å². The van der Waals surface area contributed by atoms with Crippen LogP contribution in [0.5, 0.6) is 0 Å². The highest BCUT2D eigenvalue weighted by atomic mass is 35.5. The van der Waals surface area contributed by atoms with Gasteiger partial charge in [0.1, 0.15) is 5.15 Å². The summed E-state index contributed by atoms with van der Waals surface area (Å²) >= 11 is 11.1. The van der Waals surface area contributed by atoms with Gasteiger partial charge >= 0.3 is 0 Å². The number of nitrogens with zero attached hydrogens (tertiary/aromatic N) is 1. The Balaban J connectivity index is 2.70. The van der Waals surface area contributed by atoms with Crippen LogP contribution >= 0.6 is 23.2 Å². The van der Waals surface area contributed by atoms with E-state index in [0.29, 0.717) is 0 Å². The molecule has 0 aliphatic carbocycles. The standard InChI is InChI=1S/C8H6Cl2F2N2O/c9-5-1-4(2-13-7(5)10)8(15)14-3-6(11)12/h1-2,6H,3H2,(H,14,15). The number of halogens is 4. The molecule has 0 unspecified atom stereocenters. The Labute approximate surface area is 94.4 Å². The Morgan fingerprint density at radius 1 is 1.53 bits per heavy atom. The zero-order valence-corrected chi connectivity index (χ0v) is 8.82. The van der Waals surface area contributed by atoms with Crippen LogP contribution in [-0.2, 0) is 0 Å². The third-order valence-electron chi connectivity index (χ3n) is 1.48. The van der Waals surface area contributed by atoms with E-state index in [1.807, 2.05) is 5.32 Å². The molecule has 0 bridgehead atoms. The number of hydrogen-bond acceptors (Lipinski definition) is 2. The van der Waals surface area contributed by atoms with E-state index in [1.165, 1.54) is 6.07 Å². The molecule has 0 saturated carbocycles. The predicted octanol–water partition coefficient (Wildman–Crippen LogP) is 2.38. The minimum Gasteiger partial charge on any atom is -0.346 e. The Kier molecular flexibility index (Phi) is 4.23. The smallest absolute Gasteiger partial charge is 0.255 e. The Bertz CT molecular complexity index is 374. The minimum absolute atomic E-state index is 0.0575. The predicted molar refractivity (Wildman–Crippen MR) is 52.6 cm³/mol. The summed E-state index contributed by atoms with van der Waals surface area (Å²) in [6, 6.07) is 1.26. The van der Waals surface area contributed by atoms with Gasteiger partial charge in [0.2, 0.25) is 0 Å². The average molecular weight is 255 g/mol. The second kappa shape index (κ2) is 5.23. The lowest BCUT2D eigenvalue weighted by Gasteiger charge is -2.04. The molecule has 0 aromatic carbocycles. The number of aromatic nitrogens is 1. The summed E-state index contributed by atoms with van der Waals surface area (Å²) in [6.45, 7) is -0.709. The first kappa shape index (κ1) is 12.1. The first-order valence-electron chi connectivity index (χ1n) is 3.88. The van der Waals surface area contributed by atoms with Crippen LogP contribution in [0.25, 0.3) is 0 Å². The van der Waals surface area contributed by atoms with Gasteiger partial charge in [-0.15, -0.1) is 0 Å². The van der Waals surface area contributed by atoms with Crippen LogP contribution in [0.1, 0.15) is 10.4 Å². The maximum Gasteiger partial charge on any atom is 0.255 e. The van der Waals surface area contributed by atoms with Gasteiger partial charge in [0, 0.05) is 6.20 Å². The Hall–Kier alpha value is -0.940. The van der Waals surface area contributed by atoms with Crippen molar-refractivity contribution < 1.29 is 13.6 Å². The number of carbonyl (C=O) groups excluding carboxylic acids is 1. The van der Waals surface area contributed by atoms with Crippen LogP contribution in [0.4, 0.5) is 8.78 Å². The molecule has 1 amide bonds. The fourth-order valence-electron chi connectivity index (χ4n) is 0.817. The topological polar surface area (TPSA) is 42.0 Å². The van der Waals surface area contributed by atoms with Crippen molar-refractivity contribution in [2.75, 3.05) is 6.54 Å². The molecule has 1 heterocycles. The van der Waals surface area contributed by atoms with Crippen molar-refractivity contribution in [2.45, 2.75) is 6.43 Å². The molecule has 15 heavy (non-hydrogen) atoms. The summed E-state index contributed by atoms with van der Waals surface area (Å²) in [5.41, 5.74) is 0.0880. The number of hydrogen-bond donors (Lipinski definition) is 1. The molecule has 0 aliphatic rings. The number of rotatable bonds is 3. The van der Waals surface area contributed by atoms with Gasteiger partial charge in [-0.25, -0.2) is 13.8 Å². The molecule has 0 spiro atoms. The SMILES string of the molecule is O=C(NCC(F)F)c1cnc(Cl)c(Cl)c1. The highest BCUT2D eigenvalue weighted by Gasteiger charge is 2.10. The zero-order chi connectivity index (χ0) is 11.4. The number of amides is 1. The molecule has 1 aromatic heterocycles. The van der Waals surface area contributed by atoms with Crippen molar-refractivity contribution in [2.24, 2.45) is 0 Å². The molecule has 1 N–H and O–H groups in total. The molecule has 0 saturated heterocycles. The maximum atomic E-state index is 11.8. The minimum atomic E-state index is -2.59. The number of nitrogens with one attached hydrogen (secondary N) is 1. The van der Waals surface area contributed by atoms with E-state index >= 15 is 0 Å². The number of pyridine rings is 1. The summed E-state index contributed by atoms with van der Waals surface area (Å²) in [6.07, 6.45) is -1.43. The molecule has 1 rings (SSSR count). The van der Waals surface area contributed by atoms with Gasteiger partial charge in [0.15, 0.2) is 0 Å². The van der Waals surface area contributed by atoms with Crippen LogP contribution < -0.4 is 5.32 Å². The first-order chi connectivity index (χ1) is 7.00. The highest BCUT2D eigenvalue weighted by molar-refractivity contribution is 6.41. The lowest BCUT2D eigenvalue weighted by Crippen LogP contribution is -2.28. The van der Waals surface area contributed by atoms with Gasteiger partial charge in [-0.2, -0.15) is 0 Å². The number of carbonyl (C=O) groups is 1. The summed E-state index contributed by atoms with van der Waals surface area (Å²) in [4.78, 5) is 14.8. The summed E-state index contributed by atoms with van der Waals surface area (Å²) in [5, 5.41) is 2.17. The monoisotopic (exact) mass is 254 g/mol. The zero-order valence-electron chi connectivity index (χ0n) is 7.31. The molecule has 7 heteroatoms.